The molecule has 1 N–H and O–H groups in total. The van der Waals surface area contributed by atoms with E-state index in [-0.39, 0.29) is 6.04 Å². The van der Waals surface area contributed by atoms with Gasteiger partial charge in [-0.3, -0.25) is 4.90 Å². The molecule has 3 nitrogen and oxygen atoms in total. The Bertz CT molecular complexity index is 508. The molecule has 0 bridgehead atoms. The van der Waals surface area contributed by atoms with Crippen molar-refractivity contribution in [1.29, 1.82) is 0 Å². The van der Waals surface area contributed by atoms with Crippen LogP contribution in [0.5, 0.6) is 0 Å². The topological polar surface area (TPSA) is 28.4 Å². The highest BCUT2D eigenvalue weighted by Gasteiger charge is 2.17. The van der Waals surface area contributed by atoms with Gasteiger partial charge in [-0.05, 0) is 50.8 Å². The Hall–Kier alpha value is -1.10. The lowest BCUT2D eigenvalue weighted by atomic mass is 10.1. The van der Waals surface area contributed by atoms with E-state index in [0.717, 1.165) is 16.8 Å². The van der Waals surface area contributed by atoms with E-state index >= 15 is 0 Å². The molecule has 20 heavy (non-hydrogen) atoms. The molecule has 0 fully saturated rings. The van der Waals surface area contributed by atoms with Crippen LogP contribution in [-0.4, -0.2) is 25.5 Å². The molecule has 0 radical (unpaired) electrons. The van der Waals surface area contributed by atoms with Gasteiger partial charge in [0.25, 0.3) is 0 Å². The lowest BCUT2D eigenvalue weighted by Crippen LogP contribution is -2.32. The summed E-state index contributed by atoms with van der Waals surface area (Å²) < 4.78 is 6.63. The number of halogens is 1. The molecule has 2 unspecified atom stereocenters. The summed E-state index contributed by atoms with van der Waals surface area (Å²) in [6.07, 6.45) is 1.73. The molecule has 4 heteroatoms. The fourth-order valence-electron chi connectivity index (χ4n) is 2.18. The zero-order valence-corrected chi connectivity index (χ0v) is 13.7. The predicted molar refractivity (Wildman–Crippen MR) is 85.7 cm³/mol. The van der Waals surface area contributed by atoms with Crippen LogP contribution in [0.25, 0.3) is 0 Å². The molecule has 1 heterocycles. The van der Waals surface area contributed by atoms with Crippen molar-refractivity contribution in [3.63, 3.8) is 0 Å². The molecule has 0 saturated heterocycles. The first-order chi connectivity index (χ1) is 9.58. The summed E-state index contributed by atoms with van der Waals surface area (Å²) in [4.78, 5) is 2.17. The average Bonchev–Trinajstić information content (AvgIpc) is 2.93. The van der Waals surface area contributed by atoms with Crippen LogP contribution < -0.4 is 5.32 Å². The predicted octanol–water partition coefficient (Wildman–Crippen LogP) is 4.00. The Morgan fingerprint density at radius 1 is 1.20 bits per heavy atom. The molecule has 0 aliphatic rings. The van der Waals surface area contributed by atoms with E-state index in [0.29, 0.717) is 6.04 Å². The third-order valence-electron chi connectivity index (χ3n) is 3.48. The molecule has 108 valence electrons. The van der Waals surface area contributed by atoms with E-state index in [2.05, 4.69) is 71.4 Å². The first kappa shape index (κ1) is 15.3. The molecule has 1 aromatic carbocycles. The number of nitrogens with one attached hydrogen (secondary N) is 1. The summed E-state index contributed by atoms with van der Waals surface area (Å²) in [5, 5.41) is 3.57. The number of hydrogen-bond donors (Lipinski definition) is 1. The van der Waals surface area contributed by atoms with Crippen molar-refractivity contribution in [2.75, 3.05) is 20.6 Å². The van der Waals surface area contributed by atoms with Gasteiger partial charge >= 0.3 is 0 Å². The van der Waals surface area contributed by atoms with Gasteiger partial charge in [-0.1, -0.05) is 28.1 Å². The Morgan fingerprint density at radius 3 is 2.45 bits per heavy atom. The van der Waals surface area contributed by atoms with Crippen molar-refractivity contribution in [2.45, 2.75) is 19.0 Å². The summed E-state index contributed by atoms with van der Waals surface area (Å²) in [6.45, 7) is 3.02. The van der Waals surface area contributed by atoms with E-state index in [4.69, 9.17) is 4.42 Å². The fourth-order valence-corrected chi connectivity index (χ4v) is 2.44. The number of rotatable bonds is 6. The molecular formula is C16H21BrN2O. The number of furan rings is 1. The molecular weight excluding hydrogens is 316 g/mol. The van der Waals surface area contributed by atoms with Crippen molar-refractivity contribution in [3.05, 3.63) is 58.5 Å². The van der Waals surface area contributed by atoms with Gasteiger partial charge in [0, 0.05) is 17.1 Å². The first-order valence-corrected chi connectivity index (χ1v) is 7.56. The summed E-state index contributed by atoms with van der Waals surface area (Å²) in [5.41, 5.74) is 1.28. The Kier molecular flexibility index (Phi) is 5.40. The van der Waals surface area contributed by atoms with Crippen molar-refractivity contribution in [2.24, 2.45) is 0 Å². The standard InChI is InChI=1S/C16H21BrN2O/c1-12(13-6-8-14(17)9-7-13)18-11-15(19(2)3)16-5-4-10-20-16/h4-10,12,15,18H,11H2,1-3H3. The number of benzene rings is 1. The molecule has 0 aliphatic heterocycles. The maximum absolute atomic E-state index is 5.52. The van der Waals surface area contributed by atoms with E-state index < -0.39 is 0 Å². The maximum atomic E-state index is 5.52. The van der Waals surface area contributed by atoms with Crippen molar-refractivity contribution in [3.8, 4) is 0 Å². The van der Waals surface area contributed by atoms with Gasteiger partial charge in [-0.25, -0.2) is 0 Å². The van der Waals surface area contributed by atoms with Crippen LogP contribution in [0, 0.1) is 0 Å². The highest BCUT2D eigenvalue weighted by molar-refractivity contribution is 9.10. The molecule has 2 atom stereocenters. The average molecular weight is 337 g/mol. The maximum Gasteiger partial charge on any atom is 0.122 e. The fraction of sp³-hybridized carbons (Fsp3) is 0.375. The summed E-state index contributed by atoms with van der Waals surface area (Å²) in [6, 6.07) is 12.9. The zero-order valence-electron chi connectivity index (χ0n) is 12.1. The van der Waals surface area contributed by atoms with E-state index in [1.807, 2.05) is 12.1 Å². The molecule has 2 rings (SSSR count). The highest BCUT2D eigenvalue weighted by atomic mass is 79.9. The second kappa shape index (κ2) is 7.07. The van der Waals surface area contributed by atoms with Gasteiger partial charge in [-0.2, -0.15) is 0 Å². The molecule has 1 aromatic heterocycles. The van der Waals surface area contributed by atoms with E-state index in [9.17, 15) is 0 Å². The highest BCUT2D eigenvalue weighted by Crippen LogP contribution is 2.20. The van der Waals surface area contributed by atoms with Gasteiger partial charge in [0.2, 0.25) is 0 Å². The number of hydrogen-bond acceptors (Lipinski definition) is 3. The van der Waals surface area contributed by atoms with Crippen LogP contribution in [0.3, 0.4) is 0 Å². The van der Waals surface area contributed by atoms with Crippen LogP contribution in [0.2, 0.25) is 0 Å². The van der Waals surface area contributed by atoms with Gasteiger partial charge < -0.3 is 9.73 Å². The van der Waals surface area contributed by atoms with Gasteiger partial charge in [0.15, 0.2) is 0 Å². The quantitative estimate of drug-likeness (QED) is 0.864. The normalized spacial score (nSPS) is 14.4. The smallest absolute Gasteiger partial charge is 0.122 e. The molecule has 0 aliphatic carbocycles. The van der Waals surface area contributed by atoms with Crippen LogP contribution in [-0.2, 0) is 0 Å². The second-order valence-corrected chi connectivity index (χ2v) is 6.09. The molecule has 0 spiro atoms. The third kappa shape index (κ3) is 3.95. The minimum atomic E-state index is 0.239. The van der Waals surface area contributed by atoms with Gasteiger partial charge in [0.1, 0.15) is 5.76 Å². The minimum absolute atomic E-state index is 0.239. The minimum Gasteiger partial charge on any atom is -0.468 e. The van der Waals surface area contributed by atoms with Crippen molar-refractivity contribution >= 4 is 15.9 Å². The van der Waals surface area contributed by atoms with Crippen molar-refractivity contribution < 1.29 is 4.42 Å². The Balaban J connectivity index is 1.97. The van der Waals surface area contributed by atoms with Gasteiger partial charge in [-0.15, -0.1) is 0 Å². The third-order valence-corrected chi connectivity index (χ3v) is 4.01. The molecule has 0 saturated carbocycles. The van der Waals surface area contributed by atoms with Crippen molar-refractivity contribution in [1.82, 2.24) is 10.2 Å². The SMILES string of the molecule is CC(NCC(c1ccco1)N(C)C)c1ccc(Br)cc1. The van der Waals surface area contributed by atoms with E-state index in [1.165, 1.54) is 5.56 Å². The van der Waals surface area contributed by atoms with Crippen LogP contribution in [0.15, 0.2) is 51.6 Å². The van der Waals surface area contributed by atoms with E-state index in [1.54, 1.807) is 6.26 Å². The number of likely N-dealkylation sites (N-methyl/N-ethyl adjacent to an activating group) is 1. The second-order valence-electron chi connectivity index (χ2n) is 5.18. The zero-order chi connectivity index (χ0) is 14.5. The monoisotopic (exact) mass is 336 g/mol. The van der Waals surface area contributed by atoms with Crippen LogP contribution in [0.1, 0.15) is 30.3 Å². The summed E-state index contributed by atoms with van der Waals surface area (Å²) in [5.74, 6) is 0.991. The van der Waals surface area contributed by atoms with Crippen LogP contribution >= 0.6 is 15.9 Å². The lowest BCUT2D eigenvalue weighted by Gasteiger charge is -2.25. The molecule has 2 aromatic rings. The summed E-state index contributed by atoms with van der Waals surface area (Å²) in [7, 11) is 4.14. The Labute approximate surface area is 129 Å². The Morgan fingerprint density at radius 2 is 1.90 bits per heavy atom. The molecule has 0 amide bonds. The summed E-state index contributed by atoms with van der Waals surface area (Å²) >= 11 is 3.46. The number of nitrogens with zero attached hydrogens (tertiary/aromatic N) is 1. The largest absolute Gasteiger partial charge is 0.468 e. The lowest BCUT2D eigenvalue weighted by molar-refractivity contribution is 0.245. The van der Waals surface area contributed by atoms with Crippen LogP contribution in [0.4, 0.5) is 0 Å². The first-order valence-electron chi connectivity index (χ1n) is 6.76. The van der Waals surface area contributed by atoms with Gasteiger partial charge in [0.05, 0.1) is 12.3 Å².